The molecule has 0 aliphatic heterocycles. The fraction of sp³-hybridized carbons (Fsp3) is 0.667. The van der Waals surface area contributed by atoms with E-state index in [4.69, 9.17) is 4.74 Å². The Morgan fingerprint density at radius 3 is 2.33 bits per heavy atom. The van der Waals surface area contributed by atoms with E-state index in [2.05, 4.69) is 19.9 Å². The molecule has 3 nitrogen and oxygen atoms in total. The second-order valence-corrected chi connectivity index (χ2v) is 8.15. The largest absolute Gasteiger partial charge is 0.426 e. The molecule has 0 spiro atoms. The van der Waals surface area contributed by atoms with Gasteiger partial charge in [0.15, 0.2) is 0 Å². The number of carbonyl (C=O) groups is 1. The molecule has 0 radical (unpaired) electrons. The quantitative estimate of drug-likeness (QED) is 0.265. The molecule has 1 aromatic carbocycles. The molecule has 1 aliphatic rings. The van der Waals surface area contributed by atoms with Crippen LogP contribution in [-0.4, -0.2) is 5.97 Å². The molecule has 148 valence electrons. The predicted molar refractivity (Wildman–Crippen MR) is 109 cm³/mol. The molecule has 0 amide bonds. The monoisotopic (exact) mass is 369 g/mol. The molecule has 0 aromatic heterocycles. The van der Waals surface area contributed by atoms with E-state index < -0.39 is 0 Å². The molecule has 0 heterocycles. The number of esters is 1. The minimum atomic E-state index is -0.217. The van der Waals surface area contributed by atoms with Crippen molar-refractivity contribution in [1.82, 2.24) is 0 Å². The van der Waals surface area contributed by atoms with Gasteiger partial charge in [0.1, 0.15) is 5.75 Å². The molecule has 27 heavy (non-hydrogen) atoms. The Morgan fingerprint density at radius 1 is 1.07 bits per heavy atom. The third kappa shape index (κ3) is 6.69. The molecule has 0 unspecified atom stereocenters. The number of rotatable bonds is 10. The van der Waals surface area contributed by atoms with E-state index in [0.29, 0.717) is 5.75 Å². The van der Waals surface area contributed by atoms with Gasteiger partial charge in [-0.3, -0.25) is 4.79 Å². The van der Waals surface area contributed by atoms with Gasteiger partial charge in [-0.05, 0) is 56.2 Å². The van der Waals surface area contributed by atoms with Gasteiger partial charge in [0, 0.05) is 0 Å². The third-order valence-corrected chi connectivity index (χ3v) is 5.95. The summed E-state index contributed by atoms with van der Waals surface area (Å²) < 4.78 is 5.59. The van der Waals surface area contributed by atoms with Crippen molar-refractivity contribution in [2.24, 2.45) is 11.3 Å². The molecule has 1 saturated carbocycles. The maximum atomic E-state index is 12.5. The molecule has 1 fully saturated rings. The fourth-order valence-corrected chi connectivity index (χ4v) is 4.10. The van der Waals surface area contributed by atoms with Crippen LogP contribution in [0.5, 0.6) is 5.75 Å². The van der Waals surface area contributed by atoms with Crippen molar-refractivity contribution in [2.75, 3.05) is 0 Å². The Hall–Kier alpha value is -1.82. The molecule has 0 bridgehead atoms. The molecule has 2 rings (SSSR count). The van der Waals surface area contributed by atoms with Crippen molar-refractivity contribution in [3.63, 3.8) is 0 Å². The van der Waals surface area contributed by atoms with Crippen molar-refractivity contribution in [2.45, 2.75) is 90.9 Å². The highest BCUT2D eigenvalue weighted by molar-refractivity contribution is 5.75. The minimum absolute atomic E-state index is 0.0677. The molecule has 1 aromatic rings. The van der Waals surface area contributed by atoms with Crippen molar-refractivity contribution in [3.8, 4) is 11.8 Å². The zero-order chi connectivity index (χ0) is 19.5. The molecule has 0 N–H and O–H groups in total. The summed E-state index contributed by atoms with van der Waals surface area (Å²) in [7, 11) is 0. The summed E-state index contributed by atoms with van der Waals surface area (Å²) in [6.07, 6.45) is 12.5. The highest BCUT2D eigenvalue weighted by atomic mass is 16.5. The van der Waals surface area contributed by atoms with E-state index in [1.807, 2.05) is 24.3 Å². The van der Waals surface area contributed by atoms with Crippen LogP contribution in [0.1, 0.15) is 90.0 Å². The van der Waals surface area contributed by atoms with E-state index in [0.717, 1.165) is 51.4 Å². The first kappa shape index (κ1) is 21.5. The Kier molecular flexibility index (Phi) is 8.85. The maximum absolute atomic E-state index is 12.5. The van der Waals surface area contributed by atoms with Crippen molar-refractivity contribution >= 4 is 5.97 Å². The van der Waals surface area contributed by atoms with Gasteiger partial charge in [-0.25, -0.2) is 0 Å². The topological polar surface area (TPSA) is 50.1 Å². The average Bonchev–Trinajstić information content (AvgIpc) is 2.70. The normalized spacial score (nSPS) is 22.2. The van der Waals surface area contributed by atoms with Crippen LogP contribution < -0.4 is 4.74 Å². The van der Waals surface area contributed by atoms with E-state index in [9.17, 15) is 10.1 Å². The van der Waals surface area contributed by atoms with Crippen molar-refractivity contribution in [3.05, 3.63) is 29.8 Å². The van der Waals surface area contributed by atoms with Crippen LogP contribution in [0, 0.1) is 22.7 Å². The molecule has 0 saturated heterocycles. The number of unbranched alkanes of at least 4 members (excludes halogenated alkanes) is 4. The number of aryl methyl sites for hydroxylation is 1. The van der Waals surface area contributed by atoms with E-state index >= 15 is 0 Å². The summed E-state index contributed by atoms with van der Waals surface area (Å²) >= 11 is 0. The lowest BCUT2D eigenvalue weighted by Crippen LogP contribution is -2.31. The van der Waals surface area contributed by atoms with Gasteiger partial charge >= 0.3 is 5.97 Å². The van der Waals surface area contributed by atoms with Crippen LogP contribution in [-0.2, 0) is 11.2 Å². The number of carbonyl (C=O) groups excluding carboxylic acids is 1. The van der Waals surface area contributed by atoms with Crippen LogP contribution in [0.3, 0.4) is 0 Å². The highest BCUT2D eigenvalue weighted by Gasteiger charge is 2.37. The number of hydrogen-bond acceptors (Lipinski definition) is 3. The molecule has 1 aliphatic carbocycles. The van der Waals surface area contributed by atoms with Gasteiger partial charge < -0.3 is 4.74 Å². The number of nitrogens with zero attached hydrogens (tertiary/aromatic N) is 1. The first-order chi connectivity index (χ1) is 13.1. The molecule has 0 atom stereocenters. The van der Waals surface area contributed by atoms with Gasteiger partial charge in [0.25, 0.3) is 0 Å². The summed E-state index contributed by atoms with van der Waals surface area (Å²) in [5, 5.41) is 9.71. The van der Waals surface area contributed by atoms with E-state index in [1.165, 1.54) is 31.2 Å². The molecular formula is C24H35NO2. The first-order valence-electron chi connectivity index (χ1n) is 10.8. The maximum Gasteiger partial charge on any atom is 0.314 e. The van der Waals surface area contributed by atoms with Gasteiger partial charge in [0.2, 0.25) is 0 Å². The van der Waals surface area contributed by atoms with Gasteiger partial charge in [-0.2, -0.15) is 5.26 Å². The average molecular weight is 370 g/mol. The zero-order valence-electron chi connectivity index (χ0n) is 17.1. The Labute approximate surface area is 165 Å². The number of hydrogen-bond donors (Lipinski definition) is 0. The fourth-order valence-electron chi connectivity index (χ4n) is 4.10. The first-order valence-corrected chi connectivity index (χ1v) is 10.8. The van der Waals surface area contributed by atoms with Crippen LogP contribution in [0.25, 0.3) is 0 Å². The Balaban J connectivity index is 1.79. The lowest BCUT2D eigenvalue weighted by Gasteiger charge is -2.34. The van der Waals surface area contributed by atoms with Gasteiger partial charge in [-0.1, -0.05) is 64.5 Å². The second-order valence-electron chi connectivity index (χ2n) is 8.15. The summed E-state index contributed by atoms with van der Waals surface area (Å²) in [6, 6.07) is 10.4. The zero-order valence-corrected chi connectivity index (χ0v) is 17.1. The lowest BCUT2D eigenvalue weighted by molar-refractivity contribution is -0.140. The standard InChI is InChI=1S/C24H35NO2/c1-3-5-6-7-8-16-24(19-25)17-14-21(15-18-24)23(26)27-22-12-10-20(9-4-2)11-13-22/h10-13,21H,3-9,14-18H2,1-2H3/t21-,24+. The Bertz CT molecular complexity index is 606. The molecular weight excluding hydrogens is 334 g/mol. The molecule has 3 heteroatoms. The predicted octanol–water partition coefficient (Wildman–Crippen LogP) is 6.61. The van der Waals surface area contributed by atoms with Crippen LogP contribution in [0.2, 0.25) is 0 Å². The van der Waals surface area contributed by atoms with Crippen LogP contribution in [0.4, 0.5) is 0 Å². The third-order valence-electron chi connectivity index (χ3n) is 5.95. The summed E-state index contributed by atoms with van der Waals surface area (Å²) in [5.41, 5.74) is 1.05. The van der Waals surface area contributed by atoms with Crippen molar-refractivity contribution < 1.29 is 9.53 Å². The van der Waals surface area contributed by atoms with Gasteiger partial charge in [0.05, 0.1) is 17.4 Å². The van der Waals surface area contributed by atoms with E-state index in [1.54, 1.807) is 0 Å². The van der Waals surface area contributed by atoms with Crippen molar-refractivity contribution in [1.29, 1.82) is 5.26 Å². The summed E-state index contributed by atoms with van der Waals surface area (Å²) in [4.78, 5) is 12.5. The smallest absolute Gasteiger partial charge is 0.314 e. The SMILES string of the molecule is CCCCCCC[C@]1(C#N)CC[C@@H](C(=O)Oc2ccc(CCC)cc2)CC1. The lowest BCUT2D eigenvalue weighted by atomic mass is 9.69. The number of ether oxygens (including phenoxy) is 1. The van der Waals surface area contributed by atoms with Crippen LogP contribution >= 0.6 is 0 Å². The summed E-state index contributed by atoms with van der Waals surface area (Å²) in [6.45, 7) is 4.38. The van der Waals surface area contributed by atoms with Crippen LogP contribution in [0.15, 0.2) is 24.3 Å². The van der Waals surface area contributed by atoms with E-state index in [-0.39, 0.29) is 17.3 Å². The number of nitriles is 1. The minimum Gasteiger partial charge on any atom is -0.426 e. The Morgan fingerprint density at radius 2 is 1.74 bits per heavy atom. The van der Waals surface area contributed by atoms with Gasteiger partial charge in [-0.15, -0.1) is 0 Å². The number of benzene rings is 1. The second kappa shape index (κ2) is 11.1. The summed E-state index contributed by atoms with van der Waals surface area (Å²) in [5.74, 6) is 0.433. The highest BCUT2D eigenvalue weighted by Crippen LogP contribution is 2.42.